The third kappa shape index (κ3) is 2.33. The number of aromatic nitrogens is 2. The van der Waals surface area contributed by atoms with E-state index in [1.165, 1.54) is 11.8 Å². The fourth-order valence-electron chi connectivity index (χ4n) is 1.90. The molecule has 1 amide bonds. The van der Waals surface area contributed by atoms with Gasteiger partial charge in [-0.25, -0.2) is 4.98 Å². The number of nitrogens with one attached hydrogen (secondary N) is 1. The van der Waals surface area contributed by atoms with Crippen molar-refractivity contribution in [3.05, 3.63) is 48.0 Å². The second-order valence-electron chi connectivity index (χ2n) is 4.27. The van der Waals surface area contributed by atoms with E-state index in [0.717, 1.165) is 21.1 Å². The maximum absolute atomic E-state index is 11.3. The van der Waals surface area contributed by atoms with Crippen molar-refractivity contribution >= 4 is 34.4 Å². The molecule has 5 N–H and O–H groups in total. The molecule has 0 atom stereocenters. The minimum Gasteiger partial charge on any atom is -0.398 e. The first kappa shape index (κ1) is 12.6. The molecule has 3 aromatic rings. The standard InChI is InChI=1S/C14H12N4OS/c15-10-6-5-8(7-9(10)13(16)19)20-14-17-11-3-1-2-4-12(11)18-14/h1-7H,15H2,(H2,16,19)(H,17,18). The van der Waals surface area contributed by atoms with Crippen molar-refractivity contribution in [2.24, 2.45) is 5.73 Å². The highest BCUT2D eigenvalue weighted by molar-refractivity contribution is 7.99. The highest BCUT2D eigenvalue weighted by atomic mass is 32.2. The molecule has 1 heterocycles. The van der Waals surface area contributed by atoms with Crippen LogP contribution in [0.2, 0.25) is 0 Å². The maximum atomic E-state index is 11.3. The molecule has 0 radical (unpaired) electrons. The van der Waals surface area contributed by atoms with E-state index in [2.05, 4.69) is 9.97 Å². The number of imidazole rings is 1. The molecule has 0 aliphatic carbocycles. The zero-order chi connectivity index (χ0) is 14.1. The SMILES string of the molecule is NC(=O)c1cc(Sc2nc3ccccc3[nH]2)ccc1N. The lowest BCUT2D eigenvalue weighted by molar-refractivity contribution is 0.100. The average molecular weight is 284 g/mol. The number of anilines is 1. The Hall–Kier alpha value is -2.47. The molecule has 1 aromatic heterocycles. The molecule has 0 fully saturated rings. The Balaban J connectivity index is 1.94. The Morgan fingerprint density at radius 2 is 2.00 bits per heavy atom. The summed E-state index contributed by atoms with van der Waals surface area (Å²) in [6.07, 6.45) is 0. The average Bonchev–Trinajstić information content (AvgIpc) is 2.82. The number of nitrogens with two attached hydrogens (primary N) is 2. The van der Waals surface area contributed by atoms with Crippen molar-refractivity contribution in [1.29, 1.82) is 0 Å². The summed E-state index contributed by atoms with van der Waals surface area (Å²) in [6, 6.07) is 13.0. The van der Waals surface area contributed by atoms with Crippen LogP contribution in [0, 0.1) is 0 Å². The number of aromatic amines is 1. The molecule has 100 valence electrons. The summed E-state index contributed by atoms with van der Waals surface area (Å²) < 4.78 is 0. The van der Waals surface area contributed by atoms with Crippen LogP contribution in [0.4, 0.5) is 5.69 Å². The van der Waals surface area contributed by atoms with Crippen LogP contribution in [-0.4, -0.2) is 15.9 Å². The number of amides is 1. The summed E-state index contributed by atoms with van der Waals surface area (Å²) in [4.78, 5) is 19.8. The number of primary amides is 1. The molecule has 3 rings (SSSR count). The van der Waals surface area contributed by atoms with Crippen LogP contribution in [0.5, 0.6) is 0 Å². The van der Waals surface area contributed by atoms with Gasteiger partial charge in [0.25, 0.3) is 5.91 Å². The molecule has 6 heteroatoms. The zero-order valence-electron chi connectivity index (χ0n) is 10.5. The second kappa shape index (κ2) is 4.90. The predicted molar refractivity (Wildman–Crippen MR) is 79.6 cm³/mol. The van der Waals surface area contributed by atoms with E-state index in [1.807, 2.05) is 30.3 Å². The molecular weight excluding hydrogens is 272 g/mol. The first-order valence-electron chi connectivity index (χ1n) is 5.95. The normalized spacial score (nSPS) is 10.8. The monoisotopic (exact) mass is 284 g/mol. The first-order valence-corrected chi connectivity index (χ1v) is 6.77. The van der Waals surface area contributed by atoms with Gasteiger partial charge in [0.2, 0.25) is 0 Å². The van der Waals surface area contributed by atoms with Crippen LogP contribution >= 0.6 is 11.8 Å². The van der Waals surface area contributed by atoms with Gasteiger partial charge in [0, 0.05) is 10.6 Å². The number of carbonyl (C=O) groups is 1. The van der Waals surface area contributed by atoms with Gasteiger partial charge >= 0.3 is 0 Å². The Kier molecular flexibility index (Phi) is 3.08. The van der Waals surface area contributed by atoms with Crippen LogP contribution in [0.25, 0.3) is 11.0 Å². The Bertz CT molecular complexity index is 764. The lowest BCUT2D eigenvalue weighted by Gasteiger charge is -2.04. The van der Waals surface area contributed by atoms with E-state index >= 15 is 0 Å². The second-order valence-corrected chi connectivity index (χ2v) is 5.34. The van der Waals surface area contributed by atoms with Crippen molar-refractivity contribution in [2.45, 2.75) is 10.1 Å². The number of para-hydroxylation sites is 2. The number of carbonyl (C=O) groups excluding carboxylic acids is 1. The van der Waals surface area contributed by atoms with Gasteiger partial charge in [-0.05, 0) is 30.3 Å². The fourth-order valence-corrected chi connectivity index (χ4v) is 2.74. The number of hydrogen-bond donors (Lipinski definition) is 3. The Labute approximate surface area is 119 Å². The van der Waals surface area contributed by atoms with E-state index in [1.54, 1.807) is 12.1 Å². The van der Waals surface area contributed by atoms with Crippen LogP contribution < -0.4 is 11.5 Å². The highest BCUT2D eigenvalue weighted by Crippen LogP contribution is 2.29. The largest absolute Gasteiger partial charge is 0.398 e. The first-order chi connectivity index (χ1) is 9.63. The van der Waals surface area contributed by atoms with Crippen molar-refractivity contribution in [3.63, 3.8) is 0 Å². The molecule has 20 heavy (non-hydrogen) atoms. The van der Waals surface area contributed by atoms with Gasteiger partial charge in [-0.1, -0.05) is 23.9 Å². The van der Waals surface area contributed by atoms with Gasteiger partial charge < -0.3 is 16.5 Å². The molecule has 0 aliphatic rings. The van der Waals surface area contributed by atoms with Crippen LogP contribution in [-0.2, 0) is 0 Å². The number of hydrogen-bond acceptors (Lipinski definition) is 4. The maximum Gasteiger partial charge on any atom is 0.250 e. The highest BCUT2D eigenvalue weighted by Gasteiger charge is 2.09. The van der Waals surface area contributed by atoms with E-state index in [0.29, 0.717) is 11.3 Å². The smallest absolute Gasteiger partial charge is 0.250 e. The fraction of sp³-hybridized carbons (Fsp3) is 0. The van der Waals surface area contributed by atoms with E-state index in [4.69, 9.17) is 11.5 Å². The summed E-state index contributed by atoms with van der Waals surface area (Å²) >= 11 is 1.42. The summed E-state index contributed by atoms with van der Waals surface area (Å²) in [5.74, 6) is -0.533. The van der Waals surface area contributed by atoms with Crippen LogP contribution in [0.1, 0.15) is 10.4 Å². The lowest BCUT2D eigenvalue weighted by Crippen LogP contribution is -2.13. The minimum absolute atomic E-state index is 0.325. The zero-order valence-corrected chi connectivity index (χ0v) is 11.3. The van der Waals surface area contributed by atoms with Gasteiger partial charge in [-0.15, -0.1) is 0 Å². The predicted octanol–water partition coefficient (Wildman–Crippen LogP) is 2.40. The third-order valence-electron chi connectivity index (χ3n) is 2.87. The minimum atomic E-state index is -0.533. The van der Waals surface area contributed by atoms with Crippen LogP contribution in [0.3, 0.4) is 0 Å². The lowest BCUT2D eigenvalue weighted by atomic mass is 10.2. The Morgan fingerprint density at radius 3 is 2.75 bits per heavy atom. The third-order valence-corrected chi connectivity index (χ3v) is 3.75. The van der Waals surface area contributed by atoms with Gasteiger partial charge in [0.1, 0.15) is 0 Å². The molecule has 0 saturated carbocycles. The molecule has 2 aromatic carbocycles. The summed E-state index contributed by atoms with van der Waals surface area (Å²) in [6.45, 7) is 0. The van der Waals surface area contributed by atoms with Gasteiger partial charge in [-0.2, -0.15) is 0 Å². The van der Waals surface area contributed by atoms with E-state index in [-0.39, 0.29) is 0 Å². The van der Waals surface area contributed by atoms with Crippen molar-refractivity contribution in [2.75, 3.05) is 5.73 Å². The number of H-pyrrole nitrogens is 1. The summed E-state index contributed by atoms with van der Waals surface area (Å²) in [7, 11) is 0. The summed E-state index contributed by atoms with van der Waals surface area (Å²) in [5.41, 5.74) is 13.6. The number of rotatable bonds is 3. The number of fused-ring (bicyclic) bond motifs is 1. The quantitative estimate of drug-likeness (QED) is 0.643. The molecule has 0 unspecified atom stereocenters. The number of benzene rings is 2. The van der Waals surface area contributed by atoms with E-state index in [9.17, 15) is 4.79 Å². The molecule has 5 nitrogen and oxygen atoms in total. The van der Waals surface area contributed by atoms with Gasteiger partial charge in [0.15, 0.2) is 5.16 Å². The summed E-state index contributed by atoms with van der Waals surface area (Å²) in [5, 5.41) is 0.756. The molecule has 0 bridgehead atoms. The van der Waals surface area contributed by atoms with E-state index < -0.39 is 5.91 Å². The molecular formula is C14H12N4OS. The number of nitrogen functional groups attached to an aromatic ring is 1. The van der Waals surface area contributed by atoms with Crippen LogP contribution in [0.15, 0.2) is 52.5 Å². The van der Waals surface area contributed by atoms with Crippen molar-refractivity contribution in [3.8, 4) is 0 Å². The molecule has 0 aliphatic heterocycles. The molecule has 0 saturated heterocycles. The number of nitrogens with zero attached hydrogens (tertiary/aromatic N) is 1. The van der Waals surface area contributed by atoms with Gasteiger partial charge in [-0.3, -0.25) is 4.79 Å². The van der Waals surface area contributed by atoms with Gasteiger partial charge in [0.05, 0.1) is 16.6 Å². The van der Waals surface area contributed by atoms with Crippen molar-refractivity contribution in [1.82, 2.24) is 9.97 Å². The topological polar surface area (TPSA) is 97.8 Å². The van der Waals surface area contributed by atoms with Crippen molar-refractivity contribution < 1.29 is 4.79 Å². The molecule has 0 spiro atoms. The Morgan fingerprint density at radius 1 is 1.20 bits per heavy atom.